The van der Waals surface area contributed by atoms with Crippen LogP contribution in [0.5, 0.6) is 0 Å². The van der Waals surface area contributed by atoms with Crippen LogP contribution in [0.2, 0.25) is 10.0 Å². The van der Waals surface area contributed by atoms with Crippen LogP contribution < -0.4 is 16.4 Å². The van der Waals surface area contributed by atoms with Crippen molar-refractivity contribution in [2.75, 3.05) is 5.32 Å². The Hall–Kier alpha value is -2.06. The van der Waals surface area contributed by atoms with Gasteiger partial charge in [0.25, 0.3) is 0 Å². The minimum atomic E-state index is -1.49. The van der Waals surface area contributed by atoms with Crippen LogP contribution in [-0.4, -0.2) is 29.1 Å². The van der Waals surface area contributed by atoms with Gasteiger partial charge in [-0.25, -0.2) is 14.0 Å². The number of anilines is 1. The van der Waals surface area contributed by atoms with E-state index < -0.39 is 36.2 Å². The summed E-state index contributed by atoms with van der Waals surface area (Å²) in [6.07, 6.45) is -0.576. The van der Waals surface area contributed by atoms with E-state index in [0.29, 0.717) is 0 Å². The van der Waals surface area contributed by atoms with Crippen molar-refractivity contribution in [3.05, 3.63) is 28.0 Å². The number of rotatable bonds is 5. The number of carboxylic acids is 1. The highest BCUT2D eigenvalue weighted by Gasteiger charge is 2.22. The maximum atomic E-state index is 13.2. The lowest BCUT2D eigenvalue weighted by molar-refractivity contribution is -0.140. The van der Waals surface area contributed by atoms with Gasteiger partial charge in [0.05, 0.1) is 16.5 Å². The average molecular weight is 338 g/mol. The van der Waals surface area contributed by atoms with Crippen molar-refractivity contribution in [2.24, 2.45) is 5.73 Å². The molecule has 21 heavy (non-hydrogen) atoms. The number of aliphatic carboxylic acids is 1. The standard InChI is InChI=1S/C11H10Cl2FN3O4/c12-5-1-4(2-6(13)9(5)14)16-11(21)17-7(10(19)20)3-8(15)18/h1-2,7H,3H2,(H2,15,18)(H,19,20)(H2,16,17,21)/t7-/m1/s1. The second-order valence-corrected chi connectivity index (χ2v) is 4.73. The molecule has 0 fully saturated rings. The fraction of sp³-hybridized carbons (Fsp3) is 0.182. The van der Waals surface area contributed by atoms with Crippen LogP contribution in [0.15, 0.2) is 12.1 Å². The molecule has 1 aromatic rings. The number of carboxylic acid groups (broad SMARTS) is 1. The van der Waals surface area contributed by atoms with E-state index in [2.05, 4.69) is 5.32 Å². The van der Waals surface area contributed by atoms with Gasteiger partial charge in [-0.2, -0.15) is 0 Å². The number of hydrogen-bond acceptors (Lipinski definition) is 3. The third-order valence-electron chi connectivity index (χ3n) is 2.25. The third kappa shape index (κ3) is 5.09. The molecule has 5 N–H and O–H groups in total. The van der Waals surface area contributed by atoms with Crippen LogP contribution in [0.4, 0.5) is 14.9 Å². The first-order chi connectivity index (χ1) is 9.70. The molecule has 0 saturated carbocycles. The number of amides is 3. The highest BCUT2D eigenvalue weighted by Crippen LogP contribution is 2.27. The molecule has 0 radical (unpaired) electrons. The highest BCUT2D eigenvalue weighted by molar-refractivity contribution is 6.35. The van der Waals surface area contributed by atoms with Gasteiger partial charge in [0.2, 0.25) is 5.91 Å². The van der Waals surface area contributed by atoms with Crippen LogP contribution in [-0.2, 0) is 9.59 Å². The minimum Gasteiger partial charge on any atom is -0.480 e. The zero-order valence-corrected chi connectivity index (χ0v) is 11.8. The molecule has 0 unspecified atom stereocenters. The molecule has 114 valence electrons. The number of nitrogens with one attached hydrogen (secondary N) is 2. The van der Waals surface area contributed by atoms with Crippen LogP contribution >= 0.6 is 23.2 Å². The Morgan fingerprint density at radius 1 is 1.29 bits per heavy atom. The smallest absolute Gasteiger partial charge is 0.326 e. The molecule has 1 aromatic carbocycles. The van der Waals surface area contributed by atoms with Gasteiger partial charge in [0.1, 0.15) is 6.04 Å². The summed E-state index contributed by atoms with van der Waals surface area (Å²) in [5, 5.41) is 12.4. The first kappa shape index (κ1) is 17.0. The molecule has 0 aliphatic rings. The molecule has 0 saturated heterocycles. The first-order valence-electron chi connectivity index (χ1n) is 5.44. The lowest BCUT2D eigenvalue weighted by Gasteiger charge is -2.14. The Kier molecular flexibility index (Phi) is 5.74. The van der Waals surface area contributed by atoms with Crippen molar-refractivity contribution < 1.29 is 23.9 Å². The first-order valence-corrected chi connectivity index (χ1v) is 6.19. The summed E-state index contributed by atoms with van der Waals surface area (Å²) in [4.78, 5) is 33.1. The van der Waals surface area contributed by atoms with E-state index in [-0.39, 0.29) is 15.7 Å². The second kappa shape index (κ2) is 7.09. The van der Waals surface area contributed by atoms with E-state index in [0.717, 1.165) is 12.1 Å². The van der Waals surface area contributed by atoms with Gasteiger partial charge >= 0.3 is 12.0 Å². The van der Waals surface area contributed by atoms with Crippen molar-refractivity contribution in [1.29, 1.82) is 0 Å². The zero-order chi connectivity index (χ0) is 16.2. The number of carbonyl (C=O) groups is 3. The summed E-state index contributed by atoms with van der Waals surface area (Å²) in [5.41, 5.74) is 4.91. The molecule has 0 spiro atoms. The largest absolute Gasteiger partial charge is 0.480 e. The maximum absolute atomic E-state index is 13.2. The van der Waals surface area contributed by atoms with Gasteiger partial charge in [-0.15, -0.1) is 0 Å². The number of halogens is 3. The van der Waals surface area contributed by atoms with E-state index >= 15 is 0 Å². The van der Waals surface area contributed by atoms with Crippen molar-refractivity contribution in [2.45, 2.75) is 12.5 Å². The molecular weight excluding hydrogens is 328 g/mol. The van der Waals surface area contributed by atoms with Gasteiger partial charge in [-0.3, -0.25) is 4.79 Å². The van der Waals surface area contributed by atoms with E-state index in [1.807, 2.05) is 5.32 Å². The topological polar surface area (TPSA) is 122 Å². The Labute approximate surface area is 128 Å². The molecule has 1 atom stereocenters. The Balaban J connectivity index is 2.76. The number of hydrogen-bond donors (Lipinski definition) is 4. The molecule has 0 aliphatic carbocycles. The van der Waals surface area contributed by atoms with Crippen molar-refractivity contribution in [1.82, 2.24) is 5.32 Å². The van der Waals surface area contributed by atoms with Gasteiger partial charge in [0.15, 0.2) is 5.82 Å². The van der Waals surface area contributed by atoms with Crippen molar-refractivity contribution >= 4 is 46.8 Å². The summed E-state index contributed by atoms with van der Waals surface area (Å²) in [6.45, 7) is 0. The summed E-state index contributed by atoms with van der Waals surface area (Å²) in [6, 6.07) is -0.255. The summed E-state index contributed by atoms with van der Waals surface area (Å²) < 4.78 is 13.2. The minimum absolute atomic E-state index is 0.0483. The normalized spacial score (nSPS) is 11.6. The van der Waals surface area contributed by atoms with E-state index in [1.54, 1.807) is 0 Å². The highest BCUT2D eigenvalue weighted by atomic mass is 35.5. The summed E-state index contributed by atoms with van der Waals surface area (Å²) in [5.74, 6) is -3.17. The monoisotopic (exact) mass is 337 g/mol. The number of carbonyl (C=O) groups excluding carboxylic acids is 2. The van der Waals surface area contributed by atoms with Crippen LogP contribution in [0, 0.1) is 5.82 Å². The number of nitrogens with two attached hydrogens (primary N) is 1. The molecule has 7 nitrogen and oxygen atoms in total. The van der Waals surface area contributed by atoms with E-state index in [9.17, 15) is 18.8 Å². The Morgan fingerprint density at radius 3 is 2.24 bits per heavy atom. The van der Waals surface area contributed by atoms with Gasteiger partial charge in [-0.05, 0) is 12.1 Å². The zero-order valence-electron chi connectivity index (χ0n) is 10.3. The lowest BCUT2D eigenvalue weighted by atomic mass is 10.2. The SMILES string of the molecule is NC(=O)C[C@@H](NC(=O)Nc1cc(Cl)c(F)c(Cl)c1)C(=O)O. The van der Waals surface area contributed by atoms with E-state index in [1.165, 1.54) is 0 Å². The molecule has 3 amide bonds. The fourth-order valence-corrected chi connectivity index (χ4v) is 1.84. The molecule has 0 aromatic heterocycles. The van der Waals surface area contributed by atoms with Crippen LogP contribution in [0.3, 0.4) is 0 Å². The number of primary amides is 1. The van der Waals surface area contributed by atoms with Gasteiger partial charge < -0.3 is 21.5 Å². The number of benzene rings is 1. The quantitative estimate of drug-likeness (QED) is 0.609. The molecule has 10 heteroatoms. The second-order valence-electron chi connectivity index (χ2n) is 3.91. The van der Waals surface area contributed by atoms with Crippen molar-refractivity contribution in [3.8, 4) is 0 Å². The fourth-order valence-electron chi connectivity index (χ4n) is 1.35. The molecule has 0 heterocycles. The summed E-state index contributed by atoms with van der Waals surface area (Å²) >= 11 is 11.1. The van der Waals surface area contributed by atoms with E-state index in [4.69, 9.17) is 34.0 Å². The maximum Gasteiger partial charge on any atom is 0.326 e. The summed E-state index contributed by atoms with van der Waals surface area (Å²) in [7, 11) is 0. The molecular formula is C11H10Cl2FN3O4. The molecule has 1 rings (SSSR count). The molecule has 0 bridgehead atoms. The predicted molar refractivity (Wildman–Crippen MR) is 73.8 cm³/mol. The number of urea groups is 1. The molecule has 0 aliphatic heterocycles. The average Bonchev–Trinajstić information content (AvgIpc) is 2.34. The lowest BCUT2D eigenvalue weighted by Crippen LogP contribution is -2.45. The third-order valence-corrected chi connectivity index (χ3v) is 2.80. The Bertz CT molecular complexity index is 574. The van der Waals surface area contributed by atoms with Crippen molar-refractivity contribution in [3.63, 3.8) is 0 Å². The predicted octanol–water partition coefficient (Wildman–Crippen LogP) is 1.58. The van der Waals surface area contributed by atoms with Crippen LogP contribution in [0.25, 0.3) is 0 Å². The Morgan fingerprint density at radius 2 is 1.81 bits per heavy atom. The van der Waals surface area contributed by atoms with Gasteiger partial charge in [-0.1, -0.05) is 23.2 Å². The van der Waals surface area contributed by atoms with Crippen LogP contribution in [0.1, 0.15) is 6.42 Å². The van der Waals surface area contributed by atoms with Gasteiger partial charge in [0, 0.05) is 5.69 Å².